The largest absolute Gasteiger partial charge is 0.354 e. The van der Waals surface area contributed by atoms with Crippen LogP contribution in [0, 0.1) is 11.7 Å². The molecule has 0 radical (unpaired) electrons. The van der Waals surface area contributed by atoms with Crippen LogP contribution in [0.15, 0.2) is 84.9 Å². The van der Waals surface area contributed by atoms with Gasteiger partial charge in [-0.25, -0.2) is 8.70 Å². The van der Waals surface area contributed by atoms with Gasteiger partial charge in [-0.2, -0.15) is 12.7 Å². The summed E-state index contributed by atoms with van der Waals surface area (Å²) in [5.74, 6) is -1.60. The predicted octanol–water partition coefficient (Wildman–Crippen LogP) is 3.85. The number of para-hydroxylation sites is 1. The van der Waals surface area contributed by atoms with Crippen LogP contribution in [0.2, 0.25) is 0 Å². The predicted molar refractivity (Wildman–Crippen MR) is 155 cm³/mol. The average molecular weight is 569 g/mol. The Morgan fingerprint density at radius 1 is 0.850 bits per heavy atom. The molecule has 0 spiro atoms. The number of amides is 2. The maximum Gasteiger partial charge on any atom is 0.304 e. The Kier molecular flexibility index (Phi) is 10.8. The lowest BCUT2D eigenvalue weighted by molar-refractivity contribution is -0.140. The summed E-state index contributed by atoms with van der Waals surface area (Å²) in [6.45, 7) is 3.71. The van der Waals surface area contributed by atoms with E-state index in [9.17, 15) is 22.4 Å². The van der Waals surface area contributed by atoms with Gasteiger partial charge in [0.1, 0.15) is 18.4 Å². The summed E-state index contributed by atoms with van der Waals surface area (Å²) in [5.41, 5.74) is 1.34. The molecule has 3 aromatic carbocycles. The molecule has 0 aromatic heterocycles. The molecule has 214 valence electrons. The van der Waals surface area contributed by atoms with Gasteiger partial charge in [0.2, 0.25) is 11.8 Å². The molecule has 0 aliphatic rings. The summed E-state index contributed by atoms with van der Waals surface area (Å²) in [5, 5.41) is 2.93. The Morgan fingerprint density at radius 3 is 1.95 bits per heavy atom. The number of halogens is 1. The van der Waals surface area contributed by atoms with Gasteiger partial charge in [-0.05, 0) is 29.2 Å². The summed E-state index contributed by atoms with van der Waals surface area (Å²) in [6, 6.07) is 22.9. The number of hydrogen-bond donors (Lipinski definition) is 1. The number of hydrogen-bond acceptors (Lipinski definition) is 4. The molecule has 3 aromatic rings. The van der Waals surface area contributed by atoms with Crippen molar-refractivity contribution in [1.29, 1.82) is 0 Å². The fourth-order valence-corrected chi connectivity index (χ4v) is 5.18. The second kappa shape index (κ2) is 14.0. The van der Waals surface area contributed by atoms with Crippen LogP contribution in [0.5, 0.6) is 0 Å². The molecule has 0 saturated heterocycles. The van der Waals surface area contributed by atoms with Crippen molar-refractivity contribution in [2.45, 2.75) is 32.9 Å². The summed E-state index contributed by atoms with van der Waals surface area (Å²) < 4.78 is 43.1. The fourth-order valence-electron chi connectivity index (χ4n) is 4.11. The average Bonchev–Trinajstić information content (AvgIpc) is 2.93. The van der Waals surface area contributed by atoms with Crippen molar-refractivity contribution in [2.75, 3.05) is 31.5 Å². The van der Waals surface area contributed by atoms with Crippen LogP contribution in [-0.2, 0) is 32.8 Å². The fraction of sp³-hybridized carbons (Fsp3) is 0.333. The first kappa shape index (κ1) is 30.8. The topological polar surface area (TPSA) is 90.0 Å². The van der Waals surface area contributed by atoms with Crippen molar-refractivity contribution in [2.24, 2.45) is 5.92 Å². The van der Waals surface area contributed by atoms with E-state index in [2.05, 4.69) is 5.32 Å². The third-order valence-corrected chi connectivity index (χ3v) is 8.10. The van der Waals surface area contributed by atoms with E-state index in [0.29, 0.717) is 6.54 Å². The SMILES string of the molecule is CC(C)CNC(=O)[C@H](Cc1ccccc1)N(Cc1ccccc1)C(=O)CN(c1ccccc1F)S(=O)(=O)N(C)C. The van der Waals surface area contributed by atoms with Gasteiger partial charge in [-0.3, -0.25) is 9.59 Å². The Labute approximate surface area is 236 Å². The molecule has 0 bridgehead atoms. The molecule has 10 heteroatoms. The summed E-state index contributed by atoms with van der Waals surface area (Å²) in [4.78, 5) is 29.1. The number of carbonyl (C=O) groups excluding carboxylic acids is 2. The second-order valence-corrected chi connectivity index (χ2v) is 12.2. The smallest absolute Gasteiger partial charge is 0.304 e. The Hall–Kier alpha value is -3.76. The maximum atomic E-state index is 14.9. The van der Waals surface area contributed by atoms with Crippen molar-refractivity contribution < 1.29 is 22.4 Å². The molecule has 0 saturated carbocycles. The van der Waals surface area contributed by atoms with Crippen LogP contribution >= 0.6 is 0 Å². The molecule has 1 N–H and O–H groups in total. The van der Waals surface area contributed by atoms with Crippen molar-refractivity contribution in [3.8, 4) is 0 Å². The van der Waals surface area contributed by atoms with Gasteiger partial charge in [0.25, 0.3) is 0 Å². The number of nitrogens with zero attached hydrogens (tertiary/aromatic N) is 3. The number of benzene rings is 3. The second-order valence-electron chi connectivity index (χ2n) is 10.1. The van der Waals surface area contributed by atoms with Gasteiger partial charge in [0.15, 0.2) is 0 Å². The molecule has 1 atom stereocenters. The van der Waals surface area contributed by atoms with Gasteiger partial charge in [0, 0.05) is 33.6 Å². The molecule has 0 aliphatic heterocycles. The van der Waals surface area contributed by atoms with Gasteiger partial charge in [0.05, 0.1) is 5.69 Å². The lowest BCUT2D eigenvalue weighted by atomic mass is 10.0. The normalized spacial score (nSPS) is 12.3. The van der Waals surface area contributed by atoms with Crippen molar-refractivity contribution in [3.05, 3.63) is 102 Å². The minimum Gasteiger partial charge on any atom is -0.354 e. The molecule has 0 heterocycles. The van der Waals surface area contributed by atoms with Crippen LogP contribution < -0.4 is 9.62 Å². The van der Waals surface area contributed by atoms with Gasteiger partial charge < -0.3 is 10.2 Å². The zero-order valence-electron chi connectivity index (χ0n) is 23.3. The van der Waals surface area contributed by atoms with E-state index in [4.69, 9.17) is 0 Å². The molecule has 0 aliphatic carbocycles. The first-order valence-corrected chi connectivity index (χ1v) is 14.5. The minimum absolute atomic E-state index is 0.0550. The highest BCUT2D eigenvalue weighted by atomic mass is 32.2. The standard InChI is InChI=1S/C30H37FN4O4S/c1-23(2)20-32-30(37)28(19-24-13-7-5-8-14-24)34(21-25-15-9-6-10-16-25)29(36)22-35(40(38,39)33(3)4)27-18-12-11-17-26(27)31/h5-18,23,28H,19-22H2,1-4H3,(H,32,37)/t28-/m0/s1. The molecule has 40 heavy (non-hydrogen) atoms. The number of carbonyl (C=O) groups is 2. The van der Waals surface area contributed by atoms with E-state index in [1.165, 1.54) is 37.2 Å². The van der Waals surface area contributed by atoms with Crippen LogP contribution in [0.1, 0.15) is 25.0 Å². The van der Waals surface area contributed by atoms with Crippen molar-refractivity contribution in [1.82, 2.24) is 14.5 Å². The lowest BCUT2D eigenvalue weighted by Crippen LogP contribution is -2.54. The number of anilines is 1. The third kappa shape index (κ3) is 8.12. The van der Waals surface area contributed by atoms with Gasteiger partial charge in [-0.1, -0.05) is 86.6 Å². The van der Waals surface area contributed by atoms with E-state index in [1.54, 1.807) is 0 Å². The zero-order chi connectivity index (χ0) is 29.3. The van der Waals surface area contributed by atoms with Crippen LogP contribution in [0.3, 0.4) is 0 Å². The van der Waals surface area contributed by atoms with Crippen LogP contribution in [0.25, 0.3) is 0 Å². The zero-order valence-corrected chi connectivity index (χ0v) is 24.1. The molecular formula is C30H37FN4O4S. The van der Waals surface area contributed by atoms with Crippen molar-refractivity contribution >= 4 is 27.7 Å². The highest BCUT2D eigenvalue weighted by molar-refractivity contribution is 7.90. The highest BCUT2D eigenvalue weighted by Gasteiger charge is 2.35. The monoisotopic (exact) mass is 568 g/mol. The minimum atomic E-state index is -4.26. The highest BCUT2D eigenvalue weighted by Crippen LogP contribution is 2.24. The van der Waals surface area contributed by atoms with Gasteiger partial charge >= 0.3 is 10.2 Å². The molecule has 3 rings (SSSR count). The number of rotatable bonds is 13. The summed E-state index contributed by atoms with van der Waals surface area (Å²) >= 11 is 0. The van der Waals surface area contributed by atoms with E-state index in [1.807, 2.05) is 74.5 Å². The van der Waals surface area contributed by atoms with E-state index >= 15 is 0 Å². The van der Waals surface area contributed by atoms with E-state index < -0.39 is 34.5 Å². The van der Waals surface area contributed by atoms with E-state index in [0.717, 1.165) is 25.8 Å². The molecule has 8 nitrogen and oxygen atoms in total. The quantitative estimate of drug-likeness (QED) is 0.339. The summed E-state index contributed by atoms with van der Waals surface area (Å²) in [7, 11) is -1.64. The molecule has 0 unspecified atom stereocenters. The summed E-state index contributed by atoms with van der Waals surface area (Å²) in [6.07, 6.45) is 0.212. The molecule has 2 amide bonds. The Morgan fingerprint density at radius 2 is 1.40 bits per heavy atom. The van der Waals surface area contributed by atoms with Gasteiger partial charge in [-0.15, -0.1) is 0 Å². The maximum absolute atomic E-state index is 14.9. The molecule has 0 fully saturated rings. The Bertz CT molecular complexity index is 1370. The van der Waals surface area contributed by atoms with E-state index in [-0.39, 0.29) is 30.5 Å². The lowest BCUT2D eigenvalue weighted by Gasteiger charge is -2.34. The van der Waals surface area contributed by atoms with Crippen LogP contribution in [0.4, 0.5) is 10.1 Å². The number of nitrogens with one attached hydrogen (secondary N) is 1. The first-order chi connectivity index (χ1) is 19.0. The molecular weight excluding hydrogens is 531 g/mol. The van der Waals surface area contributed by atoms with Crippen LogP contribution in [-0.4, -0.2) is 62.7 Å². The van der Waals surface area contributed by atoms with Crippen molar-refractivity contribution in [3.63, 3.8) is 0 Å². The third-order valence-electron chi connectivity index (χ3n) is 6.29. The first-order valence-electron chi connectivity index (χ1n) is 13.1. The Balaban J connectivity index is 2.07.